The van der Waals surface area contributed by atoms with Crippen LogP contribution in [0.3, 0.4) is 0 Å². The number of fused-ring (bicyclic) bond motifs is 3. The molecule has 0 unspecified atom stereocenters. The van der Waals surface area contributed by atoms with E-state index in [1.54, 1.807) is 0 Å². The molecule has 0 radical (unpaired) electrons. The first-order chi connectivity index (χ1) is 9.74. The summed E-state index contributed by atoms with van der Waals surface area (Å²) in [5, 5.41) is 17.2. The van der Waals surface area contributed by atoms with Crippen molar-refractivity contribution in [2.75, 3.05) is 0 Å². The molecule has 0 atom stereocenters. The molecule has 0 amide bonds. The van der Waals surface area contributed by atoms with Crippen molar-refractivity contribution in [1.29, 1.82) is 0 Å². The summed E-state index contributed by atoms with van der Waals surface area (Å²) in [5.41, 5.74) is 1.67. The van der Waals surface area contributed by atoms with Gasteiger partial charge in [0.2, 0.25) is 0 Å². The van der Waals surface area contributed by atoms with Crippen molar-refractivity contribution in [1.82, 2.24) is 0 Å². The molecular formula is C17H14BrNO. The van der Waals surface area contributed by atoms with Crippen LogP contribution < -0.4 is 0 Å². The van der Waals surface area contributed by atoms with E-state index in [0.29, 0.717) is 12.1 Å². The monoisotopic (exact) mass is 327 g/mol. The van der Waals surface area contributed by atoms with Crippen molar-refractivity contribution in [3.63, 3.8) is 0 Å². The Bertz CT molecular complexity index is 824. The Labute approximate surface area is 125 Å². The van der Waals surface area contributed by atoms with Gasteiger partial charge in [-0.25, -0.2) is 0 Å². The maximum Gasteiger partial charge on any atom is 0.0865 e. The number of benzene rings is 3. The number of rotatable bonds is 2. The largest absolute Gasteiger partial charge is 0.411 e. The minimum absolute atomic E-state index is 0.705. The summed E-state index contributed by atoms with van der Waals surface area (Å²) in [7, 11) is 0. The average molecular weight is 328 g/mol. The summed E-state index contributed by atoms with van der Waals surface area (Å²) in [4.78, 5) is 0. The van der Waals surface area contributed by atoms with E-state index in [2.05, 4.69) is 51.4 Å². The van der Waals surface area contributed by atoms with Gasteiger partial charge in [-0.3, -0.25) is 0 Å². The van der Waals surface area contributed by atoms with E-state index in [1.807, 2.05) is 25.1 Å². The van der Waals surface area contributed by atoms with E-state index in [9.17, 15) is 0 Å². The van der Waals surface area contributed by atoms with Crippen LogP contribution in [0.5, 0.6) is 0 Å². The summed E-state index contributed by atoms with van der Waals surface area (Å²) in [6, 6.07) is 16.6. The Hall–Kier alpha value is -1.87. The molecule has 0 spiro atoms. The van der Waals surface area contributed by atoms with Crippen molar-refractivity contribution in [3.05, 3.63) is 58.6 Å². The topological polar surface area (TPSA) is 32.6 Å². The van der Waals surface area contributed by atoms with Gasteiger partial charge >= 0.3 is 0 Å². The van der Waals surface area contributed by atoms with Crippen LogP contribution in [0, 0.1) is 0 Å². The van der Waals surface area contributed by atoms with Crippen molar-refractivity contribution < 1.29 is 5.21 Å². The van der Waals surface area contributed by atoms with E-state index in [0.717, 1.165) is 10.0 Å². The summed E-state index contributed by atoms with van der Waals surface area (Å²) in [5.74, 6) is 0. The third-order valence-corrected chi connectivity index (χ3v) is 4.25. The molecule has 0 aromatic heterocycles. The van der Waals surface area contributed by atoms with Gasteiger partial charge in [-0.1, -0.05) is 64.4 Å². The van der Waals surface area contributed by atoms with Gasteiger partial charge in [0.15, 0.2) is 0 Å². The van der Waals surface area contributed by atoms with Crippen molar-refractivity contribution in [3.8, 4) is 0 Å². The Kier molecular flexibility index (Phi) is 3.45. The first-order valence-electron chi connectivity index (χ1n) is 6.57. The summed E-state index contributed by atoms with van der Waals surface area (Å²) in [6.07, 6.45) is 0.705. The van der Waals surface area contributed by atoms with Gasteiger partial charge in [-0.15, -0.1) is 0 Å². The molecular weight excluding hydrogens is 314 g/mol. The van der Waals surface area contributed by atoms with Gasteiger partial charge in [0.25, 0.3) is 0 Å². The van der Waals surface area contributed by atoms with Crippen molar-refractivity contribution in [2.24, 2.45) is 5.16 Å². The first kappa shape index (κ1) is 13.1. The van der Waals surface area contributed by atoms with Crippen molar-refractivity contribution >= 4 is 43.2 Å². The summed E-state index contributed by atoms with van der Waals surface area (Å²) < 4.78 is 1.10. The summed E-state index contributed by atoms with van der Waals surface area (Å²) in [6.45, 7) is 1.99. The van der Waals surface area contributed by atoms with Gasteiger partial charge < -0.3 is 5.21 Å². The zero-order chi connectivity index (χ0) is 14.1. The SMILES string of the molecule is CCC(=NO)c1ccc2cc(Br)c3ccccc3c2c1. The molecule has 20 heavy (non-hydrogen) atoms. The molecule has 1 N–H and O–H groups in total. The van der Waals surface area contributed by atoms with Gasteiger partial charge in [0.1, 0.15) is 0 Å². The zero-order valence-electron chi connectivity index (χ0n) is 11.1. The van der Waals surface area contributed by atoms with E-state index in [-0.39, 0.29) is 0 Å². The second kappa shape index (κ2) is 5.25. The molecule has 0 heterocycles. The van der Waals surface area contributed by atoms with Crippen LogP contribution in [0.4, 0.5) is 0 Å². The van der Waals surface area contributed by atoms with Gasteiger partial charge in [0, 0.05) is 4.47 Å². The fourth-order valence-corrected chi connectivity index (χ4v) is 3.16. The molecule has 100 valence electrons. The molecule has 0 aliphatic heterocycles. The molecule has 0 bridgehead atoms. The lowest BCUT2D eigenvalue weighted by molar-refractivity contribution is 0.318. The maximum absolute atomic E-state index is 9.09. The number of nitrogens with zero attached hydrogens (tertiary/aromatic N) is 1. The highest BCUT2D eigenvalue weighted by atomic mass is 79.9. The van der Waals surface area contributed by atoms with Gasteiger partial charge in [0.05, 0.1) is 5.71 Å². The smallest absolute Gasteiger partial charge is 0.0865 e. The predicted molar refractivity (Wildman–Crippen MR) is 87.8 cm³/mol. The Balaban J connectivity index is 2.38. The standard InChI is InChI=1S/C17H14BrNO/c1-2-17(19-20)12-8-7-11-10-16(18)14-6-4-3-5-13(14)15(11)9-12/h3-10,20H,2H2,1H3. The first-order valence-corrected chi connectivity index (χ1v) is 7.36. The Morgan fingerprint density at radius 1 is 1.05 bits per heavy atom. The number of halogens is 1. The van der Waals surface area contributed by atoms with E-state index in [4.69, 9.17) is 5.21 Å². The summed E-state index contributed by atoms with van der Waals surface area (Å²) >= 11 is 3.63. The third-order valence-electron chi connectivity index (χ3n) is 3.60. The molecule has 3 aromatic carbocycles. The minimum Gasteiger partial charge on any atom is -0.411 e. The van der Waals surface area contributed by atoms with Crippen LogP contribution in [0.2, 0.25) is 0 Å². The number of hydrogen-bond donors (Lipinski definition) is 1. The molecule has 2 nitrogen and oxygen atoms in total. The molecule has 0 saturated heterocycles. The Morgan fingerprint density at radius 3 is 2.50 bits per heavy atom. The molecule has 0 saturated carbocycles. The zero-order valence-corrected chi connectivity index (χ0v) is 12.7. The average Bonchev–Trinajstić information content (AvgIpc) is 2.49. The quantitative estimate of drug-likeness (QED) is 0.293. The highest BCUT2D eigenvalue weighted by Gasteiger charge is 2.08. The van der Waals surface area contributed by atoms with E-state index < -0.39 is 0 Å². The number of hydrogen-bond acceptors (Lipinski definition) is 2. The Morgan fingerprint density at radius 2 is 1.80 bits per heavy atom. The lowest BCUT2D eigenvalue weighted by Gasteiger charge is -2.09. The molecule has 3 aromatic rings. The normalized spacial score (nSPS) is 12.2. The second-order valence-corrected chi connectivity index (χ2v) is 5.59. The lowest BCUT2D eigenvalue weighted by Crippen LogP contribution is -1.98. The van der Waals surface area contributed by atoms with Crippen molar-refractivity contribution in [2.45, 2.75) is 13.3 Å². The number of oxime groups is 1. The fourth-order valence-electron chi connectivity index (χ4n) is 2.57. The predicted octanol–water partition coefficient (Wildman–Crippen LogP) is 5.34. The molecule has 0 aliphatic carbocycles. The lowest BCUT2D eigenvalue weighted by atomic mass is 9.98. The second-order valence-electron chi connectivity index (χ2n) is 4.74. The highest BCUT2D eigenvalue weighted by molar-refractivity contribution is 9.10. The third kappa shape index (κ3) is 2.08. The van der Waals surface area contributed by atoms with Gasteiger partial charge in [-0.05, 0) is 45.7 Å². The van der Waals surface area contributed by atoms with Crippen LogP contribution in [-0.2, 0) is 0 Å². The van der Waals surface area contributed by atoms with E-state index in [1.165, 1.54) is 21.5 Å². The van der Waals surface area contributed by atoms with Crippen LogP contribution in [0.15, 0.2) is 58.2 Å². The van der Waals surface area contributed by atoms with E-state index >= 15 is 0 Å². The van der Waals surface area contributed by atoms with Gasteiger partial charge in [-0.2, -0.15) is 0 Å². The van der Waals surface area contributed by atoms with Crippen LogP contribution in [-0.4, -0.2) is 10.9 Å². The molecule has 0 aliphatic rings. The minimum atomic E-state index is 0.705. The van der Waals surface area contributed by atoms with Crippen LogP contribution in [0.25, 0.3) is 21.5 Å². The highest BCUT2D eigenvalue weighted by Crippen LogP contribution is 2.32. The maximum atomic E-state index is 9.09. The molecule has 3 rings (SSSR count). The van der Waals surface area contributed by atoms with Crippen LogP contribution >= 0.6 is 15.9 Å². The van der Waals surface area contributed by atoms with Crippen LogP contribution in [0.1, 0.15) is 18.9 Å². The fraction of sp³-hybridized carbons (Fsp3) is 0.118. The molecule has 3 heteroatoms. The molecule has 0 fully saturated rings.